The predicted octanol–water partition coefficient (Wildman–Crippen LogP) is 6.85. The second-order valence-electron chi connectivity index (χ2n) is 7.53. The Morgan fingerprint density at radius 3 is 2.76 bits per heavy atom. The van der Waals surface area contributed by atoms with Crippen LogP contribution in [0.1, 0.15) is 34.2 Å². The number of rotatable bonds is 8. The van der Waals surface area contributed by atoms with E-state index < -0.39 is 5.91 Å². The van der Waals surface area contributed by atoms with Crippen molar-refractivity contribution < 1.29 is 18.7 Å². The summed E-state index contributed by atoms with van der Waals surface area (Å²) in [5, 5.41) is 4.87. The monoisotopic (exact) mass is 632 g/mol. The van der Waals surface area contributed by atoms with Gasteiger partial charge in [0.05, 0.1) is 20.9 Å². The molecule has 0 saturated carbocycles. The molecule has 1 heterocycles. The summed E-state index contributed by atoms with van der Waals surface area (Å²) in [6.07, 6.45) is 1.57. The maximum Gasteiger partial charge on any atom is 0.307 e. The molecule has 0 spiro atoms. The number of halogens is 2. The average molecular weight is 633 g/mol. The molecular weight excluding hydrogens is 611 g/mol. The lowest BCUT2D eigenvalue weighted by Gasteiger charge is -2.11. The van der Waals surface area contributed by atoms with Gasteiger partial charge in [0, 0.05) is 5.39 Å². The van der Waals surface area contributed by atoms with Crippen LogP contribution >= 0.6 is 38.5 Å². The fraction of sp³-hybridized carbons (Fsp3) is 0.154. The lowest BCUT2D eigenvalue weighted by molar-refractivity contribution is 0.0929. The summed E-state index contributed by atoms with van der Waals surface area (Å²) >= 11 is 5.80. The van der Waals surface area contributed by atoms with Crippen molar-refractivity contribution in [2.45, 2.75) is 20.5 Å². The Morgan fingerprint density at radius 2 is 2.00 bits per heavy atom. The molecular formula is C26H22BrIN2O4. The van der Waals surface area contributed by atoms with Gasteiger partial charge in [-0.1, -0.05) is 29.8 Å². The number of carbonyl (C=O) groups excluding carboxylic acids is 1. The molecule has 4 rings (SSSR count). The molecule has 1 amide bonds. The maximum atomic E-state index is 12.5. The second-order valence-corrected chi connectivity index (χ2v) is 9.55. The third kappa shape index (κ3) is 5.98. The first-order valence-electron chi connectivity index (χ1n) is 10.6. The summed E-state index contributed by atoms with van der Waals surface area (Å²) in [7, 11) is 0. The summed E-state index contributed by atoms with van der Waals surface area (Å²) in [5.74, 6) is 1.23. The van der Waals surface area contributed by atoms with Crippen LogP contribution in [0.2, 0.25) is 0 Å². The van der Waals surface area contributed by atoms with Crippen molar-refractivity contribution in [2.75, 3.05) is 6.61 Å². The van der Waals surface area contributed by atoms with E-state index in [1.54, 1.807) is 18.3 Å². The van der Waals surface area contributed by atoms with E-state index in [4.69, 9.17) is 13.9 Å². The van der Waals surface area contributed by atoms with Gasteiger partial charge in [-0.3, -0.25) is 4.79 Å². The van der Waals surface area contributed by atoms with Crippen LogP contribution < -0.4 is 14.9 Å². The van der Waals surface area contributed by atoms with Crippen molar-refractivity contribution in [3.63, 3.8) is 0 Å². The van der Waals surface area contributed by atoms with Crippen LogP contribution in [0.5, 0.6) is 11.5 Å². The smallest absolute Gasteiger partial charge is 0.307 e. The zero-order valence-corrected chi connectivity index (χ0v) is 22.3. The number of hydrogen-bond acceptors (Lipinski definition) is 5. The van der Waals surface area contributed by atoms with Crippen LogP contribution in [-0.2, 0) is 6.61 Å². The maximum absolute atomic E-state index is 12.5. The number of carbonyl (C=O) groups is 1. The predicted molar refractivity (Wildman–Crippen MR) is 145 cm³/mol. The zero-order valence-electron chi connectivity index (χ0n) is 18.6. The number of nitrogens with one attached hydrogen (secondary N) is 1. The van der Waals surface area contributed by atoms with Crippen molar-refractivity contribution in [2.24, 2.45) is 5.10 Å². The van der Waals surface area contributed by atoms with Crippen LogP contribution in [0.25, 0.3) is 11.0 Å². The van der Waals surface area contributed by atoms with Crippen molar-refractivity contribution in [1.29, 1.82) is 0 Å². The molecule has 0 aliphatic heterocycles. The Morgan fingerprint density at radius 1 is 1.15 bits per heavy atom. The SMILES string of the molecule is CCOc1ccc2oc(C(=O)N/N=C/c3cc(Br)c(OCc4cccc(C)c4)c(I)c3)cc2c1. The van der Waals surface area contributed by atoms with Gasteiger partial charge in [-0.05, 0) is 99.9 Å². The molecule has 1 N–H and O–H groups in total. The van der Waals surface area contributed by atoms with E-state index in [9.17, 15) is 4.79 Å². The summed E-state index contributed by atoms with van der Waals surface area (Å²) in [6.45, 7) is 5.02. The highest BCUT2D eigenvalue weighted by Gasteiger charge is 2.13. The molecule has 0 aliphatic carbocycles. The Bertz CT molecular complexity index is 1340. The standard InChI is InChI=1S/C26H22BrIN2O4/c1-3-32-20-7-8-23-19(12-20)13-24(34-23)26(31)30-29-14-18-10-21(27)25(22(28)11-18)33-15-17-6-4-5-16(2)9-17/h4-14H,3,15H2,1-2H3,(H,30,31)/b29-14+. The number of ether oxygens (including phenoxy) is 2. The van der Waals surface area contributed by atoms with Gasteiger partial charge in [0.25, 0.3) is 0 Å². The minimum Gasteiger partial charge on any atom is -0.494 e. The van der Waals surface area contributed by atoms with E-state index >= 15 is 0 Å². The van der Waals surface area contributed by atoms with E-state index in [0.29, 0.717) is 18.8 Å². The van der Waals surface area contributed by atoms with Gasteiger partial charge < -0.3 is 13.9 Å². The first kappa shape index (κ1) is 24.3. The zero-order chi connectivity index (χ0) is 24.1. The summed E-state index contributed by atoms with van der Waals surface area (Å²) in [4.78, 5) is 12.5. The third-order valence-electron chi connectivity index (χ3n) is 4.89. The number of amides is 1. The highest BCUT2D eigenvalue weighted by atomic mass is 127. The molecule has 1 aromatic heterocycles. The van der Waals surface area contributed by atoms with Gasteiger partial charge in [-0.25, -0.2) is 5.43 Å². The summed E-state index contributed by atoms with van der Waals surface area (Å²) in [6, 6.07) is 19.1. The fourth-order valence-corrected chi connectivity index (χ4v) is 5.13. The fourth-order valence-electron chi connectivity index (χ4n) is 3.36. The third-order valence-corrected chi connectivity index (χ3v) is 6.28. The molecule has 174 valence electrons. The van der Waals surface area contributed by atoms with Crippen molar-refractivity contribution in [3.05, 3.63) is 91.2 Å². The van der Waals surface area contributed by atoms with Gasteiger partial charge in [0.2, 0.25) is 0 Å². The molecule has 3 aromatic carbocycles. The molecule has 0 aliphatic rings. The number of hydrogen-bond donors (Lipinski definition) is 1. The molecule has 0 radical (unpaired) electrons. The summed E-state index contributed by atoms with van der Waals surface area (Å²) < 4.78 is 18.9. The molecule has 6 nitrogen and oxygen atoms in total. The Balaban J connectivity index is 1.40. The Labute approximate surface area is 219 Å². The molecule has 4 aromatic rings. The van der Waals surface area contributed by atoms with E-state index in [0.717, 1.165) is 36.1 Å². The number of fused-ring (bicyclic) bond motifs is 1. The average Bonchev–Trinajstić information content (AvgIpc) is 3.22. The minimum atomic E-state index is -0.433. The summed E-state index contributed by atoms with van der Waals surface area (Å²) in [5.41, 5.74) is 6.23. The van der Waals surface area contributed by atoms with E-state index in [2.05, 4.69) is 68.1 Å². The molecule has 0 bridgehead atoms. The van der Waals surface area contributed by atoms with Gasteiger partial charge >= 0.3 is 5.91 Å². The quantitative estimate of drug-likeness (QED) is 0.131. The first-order chi connectivity index (χ1) is 16.4. The largest absolute Gasteiger partial charge is 0.494 e. The van der Waals surface area contributed by atoms with Gasteiger partial charge in [-0.15, -0.1) is 0 Å². The van der Waals surface area contributed by atoms with Crippen LogP contribution in [-0.4, -0.2) is 18.7 Å². The Hall–Kier alpha value is -2.85. The molecule has 0 unspecified atom stereocenters. The highest BCUT2D eigenvalue weighted by molar-refractivity contribution is 14.1. The lowest BCUT2D eigenvalue weighted by atomic mass is 10.1. The van der Waals surface area contributed by atoms with Gasteiger partial charge in [0.15, 0.2) is 5.76 Å². The van der Waals surface area contributed by atoms with Crippen molar-refractivity contribution in [3.8, 4) is 11.5 Å². The normalized spacial score (nSPS) is 11.2. The number of benzene rings is 3. The first-order valence-corrected chi connectivity index (χ1v) is 12.5. The van der Waals surface area contributed by atoms with E-state index in [1.807, 2.05) is 43.3 Å². The molecule has 8 heteroatoms. The number of aryl methyl sites for hydroxylation is 1. The molecule has 34 heavy (non-hydrogen) atoms. The van der Waals surface area contributed by atoms with E-state index in [-0.39, 0.29) is 5.76 Å². The van der Waals surface area contributed by atoms with Gasteiger partial charge in [-0.2, -0.15) is 5.10 Å². The van der Waals surface area contributed by atoms with Crippen LogP contribution in [0.3, 0.4) is 0 Å². The van der Waals surface area contributed by atoms with Crippen LogP contribution in [0.15, 0.2) is 74.7 Å². The van der Waals surface area contributed by atoms with Crippen LogP contribution in [0, 0.1) is 10.5 Å². The van der Waals surface area contributed by atoms with Crippen LogP contribution in [0.4, 0.5) is 0 Å². The number of hydrazone groups is 1. The molecule has 0 saturated heterocycles. The Kier molecular flexibility index (Phi) is 7.89. The van der Waals surface area contributed by atoms with E-state index in [1.165, 1.54) is 5.56 Å². The molecule has 0 fully saturated rings. The van der Waals surface area contributed by atoms with Crippen molar-refractivity contribution in [1.82, 2.24) is 5.43 Å². The molecule has 0 atom stereocenters. The number of nitrogens with zero attached hydrogens (tertiary/aromatic N) is 1. The lowest BCUT2D eigenvalue weighted by Crippen LogP contribution is -2.16. The van der Waals surface area contributed by atoms with Crippen molar-refractivity contribution >= 4 is 61.6 Å². The van der Waals surface area contributed by atoms with Gasteiger partial charge in [0.1, 0.15) is 23.7 Å². The topological polar surface area (TPSA) is 73.1 Å². The minimum absolute atomic E-state index is 0.177. The number of furan rings is 1. The second kappa shape index (κ2) is 11.1. The highest BCUT2D eigenvalue weighted by Crippen LogP contribution is 2.32.